The van der Waals surface area contributed by atoms with Crippen molar-refractivity contribution in [1.82, 2.24) is 4.90 Å². The van der Waals surface area contributed by atoms with Crippen LogP contribution in [0.5, 0.6) is 0 Å². The topological polar surface area (TPSA) is 20.3 Å². The fourth-order valence-electron chi connectivity index (χ4n) is 4.27. The normalized spacial score (nSPS) is 22.7. The van der Waals surface area contributed by atoms with Gasteiger partial charge in [0.05, 0.1) is 0 Å². The number of nitrogens with zero attached hydrogens (tertiary/aromatic N) is 1. The molecule has 0 aromatic heterocycles. The Hall–Kier alpha value is -1.30. The van der Waals surface area contributed by atoms with Gasteiger partial charge in [-0.15, -0.1) is 12.8 Å². The number of likely N-dealkylation sites (tertiary alicyclic amines) is 1. The predicted molar refractivity (Wildman–Crippen MR) is 119 cm³/mol. The molecule has 27 heavy (non-hydrogen) atoms. The molecule has 1 saturated carbocycles. The summed E-state index contributed by atoms with van der Waals surface area (Å²) >= 11 is 5.94. The Morgan fingerprint density at radius 1 is 1.04 bits per heavy atom. The zero-order valence-corrected chi connectivity index (χ0v) is 18.7. The van der Waals surface area contributed by atoms with Crippen LogP contribution < -0.4 is 0 Å². The number of benzene rings is 1. The lowest BCUT2D eigenvalue weighted by Crippen LogP contribution is -2.42. The molecular weight excluding hydrogens is 354 g/mol. The van der Waals surface area contributed by atoms with Crippen molar-refractivity contribution in [3.05, 3.63) is 34.9 Å². The standard InChI is InChI=1S/C14H20ClN.C7H14.C2H2.CH2O/c1-14(2)10-16(3)9-8-13(14)11-4-6-12(15)7-5-11;1-7(2)5-3-4-6-7;2*1-2/h4-7,13H,8-10H2,1-3H3;3-6H2,1-2H3;1-2H;1H2. The van der Waals surface area contributed by atoms with Crippen molar-refractivity contribution in [2.75, 3.05) is 20.1 Å². The van der Waals surface area contributed by atoms with Crippen LogP contribution in [-0.2, 0) is 4.79 Å². The minimum absolute atomic E-state index is 0.348. The number of hydrogen-bond acceptors (Lipinski definition) is 2. The van der Waals surface area contributed by atoms with Gasteiger partial charge in [-0.25, -0.2) is 0 Å². The maximum atomic E-state index is 8.00. The third-order valence-electron chi connectivity index (χ3n) is 5.65. The maximum absolute atomic E-state index is 8.00. The van der Waals surface area contributed by atoms with Crippen LogP contribution in [0, 0.1) is 23.7 Å². The van der Waals surface area contributed by atoms with Gasteiger partial charge in [0.25, 0.3) is 0 Å². The third kappa shape index (κ3) is 8.96. The Labute approximate surface area is 172 Å². The van der Waals surface area contributed by atoms with E-state index in [0.717, 1.165) is 5.02 Å². The lowest BCUT2D eigenvalue weighted by atomic mass is 9.71. The van der Waals surface area contributed by atoms with Crippen LogP contribution in [0.1, 0.15) is 71.3 Å². The molecule has 1 aromatic carbocycles. The number of rotatable bonds is 1. The Kier molecular flexibility index (Phi) is 11.6. The minimum Gasteiger partial charge on any atom is -0.307 e. The molecule has 1 aliphatic carbocycles. The van der Waals surface area contributed by atoms with E-state index < -0.39 is 0 Å². The SMILES string of the molecule is C#C.C=O.CC1(C)CCCC1.CN1CCC(c2ccc(Cl)cc2)C(C)(C)C1. The zero-order valence-electron chi connectivity index (χ0n) is 17.9. The fourth-order valence-corrected chi connectivity index (χ4v) is 4.40. The van der Waals surface area contributed by atoms with Gasteiger partial charge in [0, 0.05) is 11.6 Å². The molecule has 0 spiro atoms. The first-order valence-electron chi connectivity index (χ1n) is 9.76. The highest BCUT2D eigenvalue weighted by Crippen LogP contribution is 2.41. The van der Waals surface area contributed by atoms with Crippen molar-refractivity contribution in [2.45, 2.75) is 65.7 Å². The molecule has 2 fully saturated rings. The van der Waals surface area contributed by atoms with Crippen molar-refractivity contribution < 1.29 is 4.79 Å². The quantitative estimate of drug-likeness (QED) is 0.513. The van der Waals surface area contributed by atoms with Gasteiger partial charge < -0.3 is 9.69 Å². The molecule has 0 bridgehead atoms. The fraction of sp³-hybridized carbons (Fsp3) is 0.625. The summed E-state index contributed by atoms with van der Waals surface area (Å²) in [6.45, 7) is 13.8. The molecule has 1 unspecified atom stereocenters. The van der Waals surface area contributed by atoms with Crippen molar-refractivity contribution in [2.24, 2.45) is 10.8 Å². The number of halogens is 1. The number of carbonyl (C=O) groups is 1. The van der Waals surface area contributed by atoms with Crippen molar-refractivity contribution in [3.8, 4) is 12.8 Å². The molecule has 0 N–H and O–H groups in total. The van der Waals surface area contributed by atoms with Gasteiger partial charge in [0.2, 0.25) is 0 Å². The van der Waals surface area contributed by atoms with Crippen LogP contribution in [0.4, 0.5) is 0 Å². The molecule has 1 aliphatic heterocycles. The first-order chi connectivity index (χ1) is 12.7. The average Bonchev–Trinajstić information content (AvgIpc) is 3.03. The molecule has 1 atom stereocenters. The summed E-state index contributed by atoms with van der Waals surface area (Å²) in [4.78, 5) is 10.4. The van der Waals surface area contributed by atoms with E-state index in [1.165, 1.54) is 50.8 Å². The molecule has 1 saturated heterocycles. The van der Waals surface area contributed by atoms with Crippen molar-refractivity contribution >= 4 is 18.4 Å². The zero-order chi connectivity index (χ0) is 21.1. The number of hydrogen-bond donors (Lipinski definition) is 0. The summed E-state index contributed by atoms with van der Waals surface area (Å²) in [7, 11) is 2.21. The maximum Gasteiger partial charge on any atom is 0.106 e. The molecule has 1 heterocycles. The van der Waals surface area contributed by atoms with Crippen LogP contribution in [-0.4, -0.2) is 31.8 Å². The lowest BCUT2D eigenvalue weighted by molar-refractivity contribution is -0.0979. The van der Waals surface area contributed by atoms with E-state index in [-0.39, 0.29) is 0 Å². The van der Waals surface area contributed by atoms with E-state index in [9.17, 15) is 0 Å². The Bertz CT molecular complexity index is 539. The first-order valence-corrected chi connectivity index (χ1v) is 10.1. The Morgan fingerprint density at radius 2 is 1.52 bits per heavy atom. The van der Waals surface area contributed by atoms with E-state index in [0.29, 0.717) is 16.7 Å². The number of terminal acetylenes is 1. The van der Waals surface area contributed by atoms with Gasteiger partial charge in [0.1, 0.15) is 6.79 Å². The second-order valence-corrected chi connectivity index (χ2v) is 9.43. The minimum atomic E-state index is 0.348. The Balaban J connectivity index is 0.000000514. The second kappa shape index (κ2) is 12.2. The molecule has 0 radical (unpaired) electrons. The van der Waals surface area contributed by atoms with Gasteiger partial charge in [-0.05, 0) is 67.3 Å². The van der Waals surface area contributed by atoms with Crippen molar-refractivity contribution in [1.29, 1.82) is 0 Å². The Morgan fingerprint density at radius 3 is 1.89 bits per heavy atom. The molecule has 1 aromatic rings. The monoisotopic (exact) mass is 391 g/mol. The molecule has 0 amide bonds. The smallest absolute Gasteiger partial charge is 0.106 e. The summed E-state index contributed by atoms with van der Waals surface area (Å²) in [5, 5.41) is 0.828. The molecule has 3 rings (SSSR count). The number of piperidine rings is 1. The largest absolute Gasteiger partial charge is 0.307 e. The highest BCUT2D eigenvalue weighted by molar-refractivity contribution is 6.30. The van der Waals surface area contributed by atoms with E-state index in [2.05, 4.69) is 64.6 Å². The first kappa shape index (κ1) is 25.7. The van der Waals surface area contributed by atoms with Crippen LogP contribution in [0.3, 0.4) is 0 Å². The van der Waals surface area contributed by atoms with E-state index in [1.807, 2.05) is 18.9 Å². The van der Waals surface area contributed by atoms with Crippen LogP contribution >= 0.6 is 11.6 Å². The summed E-state index contributed by atoms with van der Waals surface area (Å²) in [6, 6.07) is 8.37. The summed E-state index contributed by atoms with van der Waals surface area (Å²) < 4.78 is 0. The highest BCUT2D eigenvalue weighted by atomic mass is 35.5. The van der Waals surface area contributed by atoms with Crippen molar-refractivity contribution in [3.63, 3.8) is 0 Å². The third-order valence-corrected chi connectivity index (χ3v) is 5.90. The highest BCUT2D eigenvalue weighted by Gasteiger charge is 2.35. The van der Waals surface area contributed by atoms with Crippen LogP contribution in [0.15, 0.2) is 24.3 Å². The molecule has 152 valence electrons. The van der Waals surface area contributed by atoms with Crippen LogP contribution in [0.2, 0.25) is 5.02 Å². The van der Waals surface area contributed by atoms with Gasteiger partial charge >= 0.3 is 0 Å². The predicted octanol–water partition coefficient (Wildman–Crippen LogP) is 6.44. The summed E-state index contributed by atoms with van der Waals surface area (Å²) in [5.74, 6) is 0.654. The second-order valence-electron chi connectivity index (χ2n) is 8.99. The number of carbonyl (C=O) groups excluding carboxylic acids is 1. The summed E-state index contributed by atoms with van der Waals surface area (Å²) in [5.41, 5.74) is 2.48. The molecule has 2 nitrogen and oxygen atoms in total. The van der Waals surface area contributed by atoms with E-state index in [1.54, 1.807) is 0 Å². The van der Waals surface area contributed by atoms with Gasteiger partial charge in [0.15, 0.2) is 0 Å². The molecule has 3 heteroatoms. The molecular formula is C24H38ClNO. The van der Waals surface area contributed by atoms with Gasteiger partial charge in [-0.3, -0.25) is 0 Å². The summed E-state index contributed by atoms with van der Waals surface area (Å²) in [6.07, 6.45) is 15.1. The average molecular weight is 392 g/mol. The van der Waals surface area contributed by atoms with Crippen LogP contribution in [0.25, 0.3) is 0 Å². The lowest BCUT2D eigenvalue weighted by Gasteiger charge is -2.43. The van der Waals surface area contributed by atoms with Gasteiger partial charge in [-0.2, -0.15) is 0 Å². The van der Waals surface area contributed by atoms with Gasteiger partial charge in [-0.1, -0.05) is 64.3 Å². The molecule has 2 aliphatic rings. The van der Waals surface area contributed by atoms with E-state index >= 15 is 0 Å². The van der Waals surface area contributed by atoms with E-state index in [4.69, 9.17) is 16.4 Å².